The summed E-state index contributed by atoms with van der Waals surface area (Å²) in [6.45, 7) is -0.810. The Bertz CT molecular complexity index is 758. The number of ether oxygens (including phenoxy) is 1. The Hall–Kier alpha value is -2.50. The number of fused-ring (bicyclic) bond motifs is 1. The lowest BCUT2D eigenvalue weighted by molar-refractivity contribution is -0.123. The van der Waals surface area contributed by atoms with Crippen molar-refractivity contribution in [3.8, 4) is 0 Å². The molecule has 12 nitrogen and oxygen atoms in total. The number of anilines is 1. The summed E-state index contributed by atoms with van der Waals surface area (Å²) in [7, 11) is 0. The van der Waals surface area contributed by atoms with Gasteiger partial charge in [-0.15, -0.1) is 0 Å². The van der Waals surface area contributed by atoms with Gasteiger partial charge in [-0.2, -0.15) is 0 Å². The SMILES string of the molecule is [N-]=[N+]=N[C@]1(CO)O[C@@H](n2cnc3c(N)ncnc32)C(O)C1O. The first kappa shape index (κ1) is 14.4. The molecule has 1 aliphatic rings. The van der Waals surface area contributed by atoms with Gasteiger partial charge >= 0.3 is 0 Å². The van der Waals surface area contributed by atoms with Gasteiger partial charge in [-0.1, -0.05) is 5.11 Å². The van der Waals surface area contributed by atoms with E-state index >= 15 is 0 Å². The molecular weight excluding hydrogens is 296 g/mol. The molecule has 0 aliphatic carbocycles. The fourth-order valence-electron chi connectivity index (χ4n) is 2.37. The van der Waals surface area contributed by atoms with E-state index < -0.39 is 30.8 Å². The van der Waals surface area contributed by atoms with Crippen molar-refractivity contribution in [2.75, 3.05) is 12.3 Å². The van der Waals surface area contributed by atoms with Crippen LogP contribution in [0.25, 0.3) is 21.6 Å². The Labute approximate surface area is 122 Å². The average Bonchev–Trinajstić information content (AvgIpc) is 3.04. The second-order valence-corrected chi connectivity index (χ2v) is 4.72. The summed E-state index contributed by atoms with van der Waals surface area (Å²) >= 11 is 0. The molecule has 2 aromatic rings. The normalized spacial score (nSPS) is 31.3. The van der Waals surface area contributed by atoms with Crippen molar-refractivity contribution in [3.63, 3.8) is 0 Å². The maximum Gasteiger partial charge on any atom is 0.200 e. The Balaban J connectivity index is 2.08. The van der Waals surface area contributed by atoms with E-state index in [2.05, 4.69) is 25.0 Å². The van der Waals surface area contributed by atoms with Crippen molar-refractivity contribution in [2.45, 2.75) is 24.2 Å². The van der Waals surface area contributed by atoms with Gasteiger partial charge in [0.1, 0.15) is 24.1 Å². The minimum Gasteiger partial charge on any atom is -0.393 e. The number of nitrogens with zero attached hydrogens (tertiary/aromatic N) is 7. The van der Waals surface area contributed by atoms with Crippen molar-refractivity contribution in [2.24, 2.45) is 5.11 Å². The summed E-state index contributed by atoms with van der Waals surface area (Å²) in [5.74, 6) is 0.139. The molecule has 0 amide bonds. The number of aromatic nitrogens is 4. The third-order valence-electron chi connectivity index (χ3n) is 3.50. The summed E-state index contributed by atoms with van der Waals surface area (Å²) in [6, 6.07) is 0. The molecule has 0 spiro atoms. The molecule has 1 saturated heterocycles. The zero-order valence-corrected chi connectivity index (χ0v) is 11.1. The second-order valence-electron chi connectivity index (χ2n) is 4.72. The van der Waals surface area contributed by atoms with Crippen molar-refractivity contribution in [3.05, 3.63) is 23.1 Å². The van der Waals surface area contributed by atoms with Crippen LogP contribution in [0.15, 0.2) is 17.8 Å². The van der Waals surface area contributed by atoms with E-state index in [0.29, 0.717) is 0 Å². The van der Waals surface area contributed by atoms with Gasteiger partial charge < -0.3 is 25.8 Å². The van der Waals surface area contributed by atoms with Crippen LogP contribution < -0.4 is 5.73 Å². The number of hydrogen-bond acceptors (Lipinski definition) is 9. The van der Waals surface area contributed by atoms with Crippen LogP contribution >= 0.6 is 0 Å². The number of hydrogen-bond donors (Lipinski definition) is 4. The van der Waals surface area contributed by atoms with Gasteiger partial charge in [0.25, 0.3) is 0 Å². The number of nitrogens with two attached hydrogens (primary N) is 1. The molecule has 3 rings (SSSR count). The summed E-state index contributed by atoms with van der Waals surface area (Å²) in [5.41, 5.74) is 12.8. The molecule has 2 aromatic heterocycles. The smallest absolute Gasteiger partial charge is 0.200 e. The minimum atomic E-state index is -1.99. The van der Waals surface area contributed by atoms with Crippen molar-refractivity contribution in [1.82, 2.24) is 19.5 Å². The van der Waals surface area contributed by atoms with E-state index in [-0.39, 0.29) is 17.0 Å². The first-order chi connectivity index (χ1) is 10.5. The first-order valence-electron chi connectivity index (χ1n) is 6.18. The summed E-state index contributed by atoms with van der Waals surface area (Å²) in [4.78, 5) is 14.3. The lowest BCUT2D eigenvalue weighted by atomic mass is 10.1. The largest absolute Gasteiger partial charge is 0.393 e. The number of imidazole rings is 1. The molecule has 5 N–H and O–H groups in total. The molecule has 0 bridgehead atoms. The lowest BCUT2D eigenvalue weighted by Crippen LogP contribution is -2.44. The Kier molecular flexibility index (Phi) is 3.31. The highest BCUT2D eigenvalue weighted by Crippen LogP contribution is 2.39. The third kappa shape index (κ3) is 1.87. The number of rotatable bonds is 3. The topological polar surface area (TPSA) is 188 Å². The van der Waals surface area contributed by atoms with Gasteiger partial charge in [-0.05, 0) is 5.53 Å². The Morgan fingerprint density at radius 3 is 2.91 bits per heavy atom. The predicted octanol–water partition coefficient (Wildman–Crippen LogP) is -1.34. The van der Waals surface area contributed by atoms with Crippen molar-refractivity contribution < 1.29 is 20.1 Å². The van der Waals surface area contributed by atoms with Crippen LogP contribution in [0, 0.1) is 0 Å². The molecule has 116 valence electrons. The summed E-state index contributed by atoms with van der Waals surface area (Å²) < 4.78 is 6.72. The van der Waals surface area contributed by atoms with Gasteiger partial charge in [-0.3, -0.25) is 4.57 Å². The predicted molar refractivity (Wildman–Crippen MR) is 70.8 cm³/mol. The third-order valence-corrected chi connectivity index (χ3v) is 3.50. The minimum absolute atomic E-state index is 0.139. The molecular formula is C10H12N8O4. The molecule has 1 fully saturated rings. The van der Waals surface area contributed by atoms with Crippen LogP contribution in [-0.4, -0.2) is 59.4 Å². The van der Waals surface area contributed by atoms with Crippen LogP contribution in [0.5, 0.6) is 0 Å². The molecule has 2 unspecified atom stereocenters. The monoisotopic (exact) mass is 308 g/mol. The molecule has 0 radical (unpaired) electrons. The Morgan fingerprint density at radius 1 is 1.45 bits per heavy atom. The summed E-state index contributed by atoms with van der Waals surface area (Å²) in [6.07, 6.45) is -1.78. The molecule has 22 heavy (non-hydrogen) atoms. The van der Waals surface area contributed by atoms with Gasteiger partial charge in [0.2, 0.25) is 5.72 Å². The number of aliphatic hydroxyl groups excluding tert-OH is 3. The maximum atomic E-state index is 10.2. The molecule has 12 heteroatoms. The van der Waals surface area contributed by atoms with Crippen LogP contribution in [0.2, 0.25) is 0 Å². The molecule has 4 atom stereocenters. The van der Waals surface area contributed by atoms with Crippen LogP contribution in [0.1, 0.15) is 6.23 Å². The molecule has 3 heterocycles. The van der Waals surface area contributed by atoms with E-state index in [1.165, 1.54) is 17.2 Å². The highest BCUT2D eigenvalue weighted by Gasteiger charge is 2.55. The van der Waals surface area contributed by atoms with Crippen molar-refractivity contribution >= 4 is 17.0 Å². The van der Waals surface area contributed by atoms with Crippen LogP contribution in [0.3, 0.4) is 0 Å². The van der Waals surface area contributed by atoms with Gasteiger partial charge in [0.05, 0.1) is 12.9 Å². The van der Waals surface area contributed by atoms with Crippen molar-refractivity contribution in [1.29, 1.82) is 0 Å². The fourth-order valence-corrected chi connectivity index (χ4v) is 2.37. The van der Waals surface area contributed by atoms with Gasteiger partial charge in [-0.25, -0.2) is 15.0 Å². The first-order valence-corrected chi connectivity index (χ1v) is 6.18. The van der Waals surface area contributed by atoms with Crippen LogP contribution in [0.4, 0.5) is 5.82 Å². The van der Waals surface area contributed by atoms with E-state index in [0.717, 1.165) is 0 Å². The lowest BCUT2D eigenvalue weighted by Gasteiger charge is -2.23. The molecule has 1 aliphatic heterocycles. The Morgan fingerprint density at radius 2 is 2.23 bits per heavy atom. The van der Waals surface area contributed by atoms with E-state index in [9.17, 15) is 15.3 Å². The number of aliphatic hydroxyl groups is 3. The van der Waals surface area contributed by atoms with E-state index in [1.54, 1.807) is 0 Å². The van der Waals surface area contributed by atoms with E-state index in [4.69, 9.17) is 16.0 Å². The zero-order chi connectivity index (χ0) is 15.9. The van der Waals surface area contributed by atoms with E-state index in [1.807, 2.05) is 0 Å². The maximum absolute atomic E-state index is 10.2. The molecule has 0 saturated carbocycles. The average molecular weight is 308 g/mol. The highest BCUT2D eigenvalue weighted by atomic mass is 16.6. The number of nitrogen functional groups attached to an aromatic ring is 1. The second kappa shape index (κ2) is 5.05. The molecule has 0 aromatic carbocycles. The van der Waals surface area contributed by atoms with Gasteiger partial charge in [0, 0.05) is 4.91 Å². The quantitative estimate of drug-likeness (QED) is 0.304. The fraction of sp³-hybridized carbons (Fsp3) is 0.500. The highest BCUT2D eigenvalue weighted by molar-refractivity contribution is 5.81. The van der Waals surface area contributed by atoms with Crippen LogP contribution in [-0.2, 0) is 4.74 Å². The van der Waals surface area contributed by atoms with Gasteiger partial charge in [0.15, 0.2) is 17.7 Å². The number of azide groups is 1. The standard InChI is InChI=1S/C10H12N8O4/c11-7-4-8(14-2-13-7)18(3-15-4)9-5(20)6(21)10(1-19,22-9)16-17-12/h2-3,5-6,9,19-21H,1H2,(H2,11,13,14)/t5?,6?,9-,10-/m1/s1. The summed E-state index contributed by atoms with van der Waals surface area (Å²) in [5, 5.41) is 32.8. The zero-order valence-electron chi connectivity index (χ0n) is 11.1.